The Morgan fingerprint density at radius 1 is 1.18 bits per heavy atom. The summed E-state index contributed by atoms with van der Waals surface area (Å²) in [5.74, 6) is -0.268. The third-order valence-corrected chi connectivity index (χ3v) is 3.02. The largest absolute Gasteiger partial charge is 0.463 e. The van der Waals surface area contributed by atoms with E-state index in [4.69, 9.17) is 4.74 Å². The molecule has 0 heterocycles. The standard InChI is InChI=1S/C14H20O3/c1-3-17-13(16)7-11-14(8-4-5-9-14)10-6-12(2)15/h6-7,10-11H,3-5,8-9H2,1-2H3/b10-6+,11-7+. The molecule has 1 fully saturated rings. The minimum atomic E-state index is -0.310. The summed E-state index contributed by atoms with van der Waals surface area (Å²) in [5.41, 5.74) is -0.127. The van der Waals surface area contributed by atoms with Crippen LogP contribution in [-0.2, 0) is 14.3 Å². The minimum Gasteiger partial charge on any atom is -0.463 e. The van der Waals surface area contributed by atoms with Crippen molar-refractivity contribution in [1.82, 2.24) is 0 Å². The highest BCUT2D eigenvalue weighted by Gasteiger charge is 2.28. The van der Waals surface area contributed by atoms with E-state index in [1.807, 2.05) is 12.2 Å². The van der Waals surface area contributed by atoms with Crippen LogP contribution in [0.4, 0.5) is 0 Å². The molecule has 0 N–H and O–H groups in total. The van der Waals surface area contributed by atoms with E-state index >= 15 is 0 Å². The maximum absolute atomic E-state index is 11.3. The van der Waals surface area contributed by atoms with Gasteiger partial charge in [-0.1, -0.05) is 25.0 Å². The van der Waals surface area contributed by atoms with Gasteiger partial charge in [-0.05, 0) is 32.8 Å². The lowest BCUT2D eigenvalue weighted by molar-refractivity contribution is -0.137. The number of rotatable bonds is 5. The zero-order chi connectivity index (χ0) is 12.7. The Morgan fingerprint density at radius 3 is 2.29 bits per heavy atom. The van der Waals surface area contributed by atoms with Gasteiger partial charge in [0.05, 0.1) is 6.61 Å². The Kier molecular flexibility index (Phi) is 5.13. The van der Waals surface area contributed by atoms with E-state index < -0.39 is 0 Å². The highest BCUT2D eigenvalue weighted by molar-refractivity contribution is 5.87. The van der Waals surface area contributed by atoms with E-state index in [1.54, 1.807) is 13.0 Å². The maximum atomic E-state index is 11.3. The Bertz CT molecular complexity index is 333. The summed E-state index contributed by atoms with van der Waals surface area (Å²) < 4.78 is 4.86. The molecular formula is C14H20O3. The van der Waals surface area contributed by atoms with Crippen molar-refractivity contribution in [3.05, 3.63) is 24.3 Å². The number of esters is 1. The molecule has 0 atom stereocenters. The first-order valence-electron chi connectivity index (χ1n) is 6.14. The Balaban J connectivity index is 2.71. The fraction of sp³-hybridized carbons (Fsp3) is 0.571. The van der Waals surface area contributed by atoms with Crippen molar-refractivity contribution in [2.45, 2.75) is 39.5 Å². The summed E-state index contributed by atoms with van der Waals surface area (Å²) in [6.07, 6.45) is 11.2. The number of ketones is 1. The number of allylic oxidation sites excluding steroid dienone is 3. The molecule has 0 spiro atoms. The first-order chi connectivity index (χ1) is 8.08. The second-order valence-corrected chi connectivity index (χ2v) is 4.47. The van der Waals surface area contributed by atoms with E-state index in [9.17, 15) is 9.59 Å². The van der Waals surface area contributed by atoms with Crippen LogP contribution in [0.5, 0.6) is 0 Å². The van der Waals surface area contributed by atoms with Gasteiger partial charge in [-0.25, -0.2) is 4.79 Å². The van der Waals surface area contributed by atoms with Gasteiger partial charge in [-0.3, -0.25) is 4.79 Å². The summed E-state index contributed by atoms with van der Waals surface area (Å²) in [7, 11) is 0. The van der Waals surface area contributed by atoms with Crippen LogP contribution in [0, 0.1) is 5.41 Å². The number of hydrogen-bond acceptors (Lipinski definition) is 3. The molecule has 1 aliphatic rings. The van der Waals surface area contributed by atoms with Crippen molar-refractivity contribution >= 4 is 11.8 Å². The van der Waals surface area contributed by atoms with Gasteiger partial charge in [0, 0.05) is 11.5 Å². The molecule has 0 aromatic heterocycles. The van der Waals surface area contributed by atoms with Gasteiger partial charge in [-0.15, -0.1) is 0 Å². The van der Waals surface area contributed by atoms with Crippen molar-refractivity contribution in [2.24, 2.45) is 5.41 Å². The van der Waals surface area contributed by atoms with E-state index in [2.05, 4.69) is 0 Å². The smallest absolute Gasteiger partial charge is 0.330 e. The lowest BCUT2D eigenvalue weighted by atomic mass is 9.85. The van der Waals surface area contributed by atoms with Crippen LogP contribution in [0.15, 0.2) is 24.3 Å². The zero-order valence-electron chi connectivity index (χ0n) is 10.6. The van der Waals surface area contributed by atoms with Crippen LogP contribution >= 0.6 is 0 Å². The monoisotopic (exact) mass is 236 g/mol. The van der Waals surface area contributed by atoms with Gasteiger partial charge in [0.15, 0.2) is 5.78 Å². The molecule has 0 saturated heterocycles. The van der Waals surface area contributed by atoms with E-state index in [-0.39, 0.29) is 17.2 Å². The summed E-state index contributed by atoms with van der Waals surface area (Å²) >= 11 is 0. The van der Waals surface area contributed by atoms with Crippen molar-refractivity contribution < 1.29 is 14.3 Å². The van der Waals surface area contributed by atoms with Crippen LogP contribution in [0.3, 0.4) is 0 Å². The fourth-order valence-electron chi connectivity index (χ4n) is 2.13. The predicted octanol–water partition coefficient (Wildman–Crippen LogP) is 2.81. The third-order valence-electron chi connectivity index (χ3n) is 3.02. The molecule has 0 bridgehead atoms. The van der Waals surface area contributed by atoms with Gasteiger partial charge in [0.1, 0.15) is 0 Å². The lowest BCUT2D eigenvalue weighted by Gasteiger charge is -2.19. The average Bonchev–Trinajstić information content (AvgIpc) is 2.74. The molecule has 0 aromatic rings. The van der Waals surface area contributed by atoms with Crippen molar-refractivity contribution in [1.29, 1.82) is 0 Å². The molecule has 3 heteroatoms. The number of ether oxygens (including phenoxy) is 1. The molecule has 3 nitrogen and oxygen atoms in total. The fourth-order valence-corrected chi connectivity index (χ4v) is 2.13. The number of carbonyl (C=O) groups excluding carboxylic acids is 2. The maximum Gasteiger partial charge on any atom is 0.330 e. The van der Waals surface area contributed by atoms with Crippen molar-refractivity contribution in [3.63, 3.8) is 0 Å². The van der Waals surface area contributed by atoms with E-state index in [0.29, 0.717) is 6.61 Å². The quantitative estimate of drug-likeness (QED) is 0.544. The molecule has 0 aromatic carbocycles. The molecule has 0 amide bonds. The SMILES string of the molecule is CCOC(=O)/C=C/C1(/C=C/C(C)=O)CCCC1. The molecular weight excluding hydrogens is 216 g/mol. The summed E-state index contributed by atoms with van der Waals surface area (Å²) in [6.45, 7) is 3.71. The van der Waals surface area contributed by atoms with E-state index in [0.717, 1.165) is 25.7 Å². The molecule has 0 aliphatic heterocycles. The second kappa shape index (κ2) is 6.38. The molecule has 17 heavy (non-hydrogen) atoms. The van der Waals surface area contributed by atoms with Crippen LogP contribution in [0.1, 0.15) is 39.5 Å². The van der Waals surface area contributed by atoms with Gasteiger partial charge < -0.3 is 4.74 Å². The lowest BCUT2D eigenvalue weighted by Crippen LogP contribution is -2.11. The van der Waals surface area contributed by atoms with Gasteiger partial charge >= 0.3 is 5.97 Å². The molecule has 1 saturated carbocycles. The van der Waals surface area contributed by atoms with E-state index in [1.165, 1.54) is 13.0 Å². The normalized spacial score (nSPS) is 18.9. The summed E-state index contributed by atoms with van der Waals surface area (Å²) in [4.78, 5) is 22.3. The minimum absolute atomic E-state index is 0.0424. The molecule has 0 radical (unpaired) electrons. The topological polar surface area (TPSA) is 43.4 Å². The van der Waals surface area contributed by atoms with Crippen LogP contribution in [0.2, 0.25) is 0 Å². The highest BCUT2D eigenvalue weighted by Crippen LogP contribution is 2.40. The molecule has 1 aliphatic carbocycles. The predicted molar refractivity (Wildman–Crippen MR) is 66.5 cm³/mol. The van der Waals surface area contributed by atoms with Gasteiger partial charge in [-0.2, -0.15) is 0 Å². The third kappa shape index (κ3) is 4.55. The molecule has 1 rings (SSSR count). The van der Waals surface area contributed by atoms with Crippen LogP contribution in [-0.4, -0.2) is 18.4 Å². The van der Waals surface area contributed by atoms with Gasteiger partial charge in [0.25, 0.3) is 0 Å². The van der Waals surface area contributed by atoms with Crippen LogP contribution < -0.4 is 0 Å². The number of hydrogen-bond donors (Lipinski definition) is 0. The second-order valence-electron chi connectivity index (χ2n) is 4.47. The first-order valence-corrected chi connectivity index (χ1v) is 6.14. The Morgan fingerprint density at radius 2 is 1.76 bits per heavy atom. The van der Waals surface area contributed by atoms with Crippen LogP contribution in [0.25, 0.3) is 0 Å². The summed E-state index contributed by atoms with van der Waals surface area (Å²) in [5, 5.41) is 0. The zero-order valence-corrected chi connectivity index (χ0v) is 10.6. The van der Waals surface area contributed by atoms with Gasteiger partial charge in [0.2, 0.25) is 0 Å². The highest BCUT2D eigenvalue weighted by atomic mass is 16.5. The van der Waals surface area contributed by atoms with Crippen molar-refractivity contribution in [3.8, 4) is 0 Å². The molecule has 94 valence electrons. The average molecular weight is 236 g/mol. The number of carbonyl (C=O) groups is 2. The Hall–Kier alpha value is -1.38. The summed E-state index contributed by atoms with van der Waals surface area (Å²) in [6, 6.07) is 0. The van der Waals surface area contributed by atoms with Crippen molar-refractivity contribution in [2.75, 3.05) is 6.61 Å². The molecule has 0 unspecified atom stereocenters. The Labute approximate surface area is 103 Å². The first kappa shape index (κ1) is 13.7.